The van der Waals surface area contributed by atoms with E-state index in [4.69, 9.17) is 21.1 Å². The Morgan fingerprint density at radius 1 is 1.34 bits per heavy atom. The molecule has 1 unspecified atom stereocenters. The molecule has 0 fully saturated rings. The van der Waals surface area contributed by atoms with Gasteiger partial charge in [0.1, 0.15) is 17.1 Å². The number of nitrogens with zero attached hydrogens (tertiary/aromatic N) is 2. The fourth-order valence-corrected chi connectivity index (χ4v) is 3.42. The number of aromatic nitrogens is 1. The maximum absolute atomic E-state index is 14.7. The van der Waals surface area contributed by atoms with Crippen molar-refractivity contribution in [2.45, 2.75) is 32.0 Å². The van der Waals surface area contributed by atoms with Crippen molar-refractivity contribution in [1.82, 2.24) is 4.98 Å². The van der Waals surface area contributed by atoms with Gasteiger partial charge in [-0.1, -0.05) is 11.6 Å². The summed E-state index contributed by atoms with van der Waals surface area (Å²) in [5.41, 5.74) is -2.25. The van der Waals surface area contributed by atoms with Gasteiger partial charge in [0.25, 0.3) is 5.91 Å². The third kappa shape index (κ3) is 5.36. The summed E-state index contributed by atoms with van der Waals surface area (Å²) in [6, 6.07) is 4.46. The molecule has 1 aromatic carbocycles. The van der Waals surface area contributed by atoms with E-state index < -0.39 is 39.7 Å². The van der Waals surface area contributed by atoms with Gasteiger partial charge in [-0.05, 0) is 38.1 Å². The molecule has 1 aliphatic rings. The summed E-state index contributed by atoms with van der Waals surface area (Å²) in [7, 11) is 0. The highest BCUT2D eigenvalue weighted by Crippen LogP contribution is 2.33. The molecule has 0 saturated carbocycles. The summed E-state index contributed by atoms with van der Waals surface area (Å²) in [6.45, 7) is 4.33. The summed E-state index contributed by atoms with van der Waals surface area (Å²) >= 11 is 5.83. The first-order valence-corrected chi connectivity index (χ1v) is 10.0. The average Bonchev–Trinajstić information content (AvgIpc) is 2.90. The first-order chi connectivity index (χ1) is 15.0. The van der Waals surface area contributed by atoms with Gasteiger partial charge >= 0.3 is 6.18 Å². The summed E-state index contributed by atoms with van der Waals surface area (Å²) in [6.07, 6.45) is -3.68. The first-order valence-electron chi connectivity index (χ1n) is 9.67. The number of carbonyl (C=O) groups is 1. The van der Waals surface area contributed by atoms with Crippen LogP contribution >= 0.6 is 11.6 Å². The summed E-state index contributed by atoms with van der Waals surface area (Å²) in [5, 5.41) is 2.02. The number of ether oxygens (including phenoxy) is 2. The predicted octanol–water partition coefficient (Wildman–Crippen LogP) is 5.22. The van der Waals surface area contributed by atoms with Crippen LogP contribution in [-0.4, -0.2) is 36.6 Å². The number of aliphatic imine (C=N–C) groups is 1. The van der Waals surface area contributed by atoms with Gasteiger partial charge in [-0.15, -0.1) is 0 Å². The van der Waals surface area contributed by atoms with Crippen LogP contribution in [0.1, 0.15) is 41.9 Å². The zero-order valence-corrected chi connectivity index (χ0v) is 18.0. The fourth-order valence-electron chi connectivity index (χ4n) is 3.17. The molecule has 6 nitrogen and oxygen atoms in total. The number of amides is 1. The second-order valence-electron chi connectivity index (χ2n) is 7.22. The molecule has 1 N–H and O–H groups in total. The van der Waals surface area contributed by atoms with Crippen molar-refractivity contribution in [3.63, 3.8) is 0 Å². The van der Waals surface area contributed by atoms with Crippen LogP contribution in [0.4, 0.5) is 23.2 Å². The van der Waals surface area contributed by atoms with E-state index >= 15 is 0 Å². The van der Waals surface area contributed by atoms with Gasteiger partial charge in [0.05, 0.1) is 30.4 Å². The molecule has 0 bridgehead atoms. The van der Waals surface area contributed by atoms with Crippen molar-refractivity contribution >= 4 is 29.1 Å². The fraction of sp³-hybridized carbons (Fsp3) is 0.381. The maximum atomic E-state index is 14.7. The third-order valence-corrected chi connectivity index (χ3v) is 5.00. The van der Waals surface area contributed by atoms with Crippen molar-refractivity contribution < 1.29 is 31.8 Å². The van der Waals surface area contributed by atoms with E-state index in [-0.39, 0.29) is 17.9 Å². The number of hydrogen-bond acceptors (Lipinski definition) is 5. The third-order valence-electron chi connectivity index (χ3n) is 4.71. The summed E-state index contributed by atoms with van der Waals surface area (Å²) < 4.78 is 64.1. The quantitative estimate of drug-likeness (QED) is 0.618. The molecule has 0 spiro atoms. The monoisotopic (exact) mass is 473 g/mol. The molecule has 1 aliphatic heterocycles. The lowest BCUT2D eigenvalue weighted by Crippen LogP contribution is -2.28. The molecule has 0 saturated heterocycles. The molecule has 2 heterocycles. The number of benzene rings is 1. The molecular weight excluding hydrogens is 454 g/mol. The van der Waals surface area contributed by atoms with E-state index in [1.165, 1.54) is 12.1 Å². The minimum atomic E-state index is -4.64. The number of hydrogen-bond donors (Lipinski definition) is 1. The Kier molecular flexibility index (Phi) is 7.04. The number of halogens is 5. The highest BCUT2D eigenvalue weighted by atomic mass is 35.5. The van der Waals surface area contributed by atoms with Gasteiger partial charge in [0.15, 0.2) is 5.90 Å². The van der Waals surface area contributed by atoms with Crippen molar-refractivity contribution in [3.05, 3.63) is 58.1 Å². The Morgan fingerprint density at radius 3 is 2.75 bits per heavy atom. The largest absolute Gasteiger partial charge is 0.481 e. The van der Waals surface area contributed by atoms with Gasteiger partial charge in [0.2, 0.25) is 0 Å². The Morgan fingerprint density at radius 2 is 2.09 bits per heavy atom. The zero-order chi connectivity index (χ0) is 23.5. The van der Waals surface area contributed by atoms with E-state index in [1.54, 1.807) is 6.92 Å². The first kappa shape index (κ1) is 23.9. The van der Waals surface area contributed by atoms with Crippen LogP contribution in [0.2, 0.25) is 5.02 Å². The van der Waals surface area contributed by atoms with E-state index in [2.05, 4.69) is 15.3 Å². The minimum Gasteiger partial charge on any atom is -0.481 e. The predicted molar refractivity (Wildman–Crippen MR) is 110 cm³/mol. The van der Waals surface area contributed by atoms with Crippen LogP contribution in [0.5, 0.6) is 0 Å². The Balaban J connectivity index is 1.89. The van der Waals surface area contributed by atoms with E-state index in [1.807, 2.05) is 6.92 Å². The van der Waals surface area contributed by atoms with Crippen LogP contribution in [0.15, 0.2) is 35.5 Å². The van der Waals surface area contributed by atoms with Gasteiger partial charge in [0, 0.05) is 23.9 Å². The second-order valence-corrected chi connectivity index (χ2v) is 7.62. The smallest absolute Gasteiger partial charge is 0.417 e. The lowest BCUT2D eigenvalue weighted by Gasteiger charge is -2.25. The van der Waals surface area contributed by atoms with Crippen molar-refractivity contribution in [2.24, 2.45) is 4.99 Å². The maximum Gasteiger partial charge on any atom is 0.417 e. The van der Waals surface area contributed by atoms with E-state index in [9.17, 15) is 22.4 Å². The molecule has 3 rings (SSSR count). The van der Waals surface area contributed by atoms with Crippen molar-refractivity contribution in [1.29, 1.82) is 0 Å². The molecule has 1 atom stereocenters. The SMILES string of the molecule is CCOC1=NC(C)(c2cc(NC(=O)c3ncc(C(F)(F)F)cc3Cl)ccc2F)COCC1. The molecule has 0 radical (unpaired) electrons. The van der Waals surface area contributed by atoms with Crippen molar-refractivity contribution in [3.8, 4) is 0 Å². The highest BCUT2D eigenvalue weighted by molar-refractivity contribution is 6.34. The van der Waals surface area contributed by atoms with Crippen LogP contribution < -0.4 is 5.32 Å². The standard InChI is InChI=1S/C21H20ClF4N3O3/c1-3-32-17-6-7-31-11-20(2,29-17)14-9-13(4-5-16(14)23)28-19(30)18-15(22)8-12(10-27-18)21(24,25)26/h4-5,8-10H,3,6-7,11H2,1-2H3,(H,28,30). The zero-order valence-electron chi connectivity index (χ0n) is 17.2. The number of anilines is 1. The molecular formula is C21H20ClF4N3O3. The number of rotatable bonds is 4. The molecule has 11 heteroatoms. The lowest BCUT2D eigenvalue weighted by atomic mass is 9.92. The van der Waals surface area contributed by atoms with Crippen LogP contribution in [0.3, 0.4) is 0 Å². The molecule has 2 aromatic rings. The van der Waals surface area contributed by atoms with Crippen LogP contribution in [0, 0.1) is 5.82 Å². The van der Waals surface area contributed by atoms with Crippen LogP contribution in [0.25, 0.3) is 0 Å². The Hall–Kier alpha value is -2.72. The normalized spacial score (nSPS) is 19.2. The van der Waals surface area contributed by atoms with Gasteiger partial charge in [-0.2, -0.15) is 13.2 Å². The molecule has 1 amide bonds. The highest BCUT2D eigenvalue weighted by Gasteiger charge is 2.34. The Bertz CT molecular complexity index is 1050. The number of pyridine rings is 1. The Labute approximate surface area is 186 Å². The lowest BCUT2D eigenvalue weighted by molar-refractivity contribution is -0.137. The van der Waals surface area contributed by atoms with Gasteiger partial charge < -0.3 is 14.8 Å². The number of carbonyl (C=O) groups excluding carboxylic acids is 1. The summed E-state index contributed by atoms with van der Waals surface area (Å²) in [4.78, 5) is 20.6. The number of alkyl halides is 3. The number of nitrogens with one attached hydrogen (secondary N) is 1. The molecule has 1 aromatic heterocycles. The second kappa shape index (κ2) is 9.41. The van der Waals surface area contributed by atoms with Gasteiger partial charge in [-0.3, -0.25) is 4.79 Å². The van der Waals surface area contributed by atoms with E-state index in [0.717, 1.165) is 6.07 Å². The van der Waals surface area contributed by atoms with Gasteiger partial charge in [-0.25, -0.2) is 14.4 Å². The minimum absolute atomic E-state index is 0.0875. The molecule has 0 aliphatic carbocycles. The average molecular weight is 474 g/mol. The molecule has 172 valence electrons. The van der Waals surface area contributed by atoms with Crippen molar-refractivity contribution in [2.75, 3.05) is 25.1 Å². The van der Waals surface area contributed by atoms with Crippen LogP contribution in [-0.2, 0) is 21.2 Å². The topological polar surface area (TPSA) is 72.8 Å². The molecule has 32 heavy (non-hydrogen) atoms. The van der Waals surface area contributed by atoms with E-state index in [0.29, 0.717) is 37.8 Å². The summed E-state index contributed by atoms with van der Waals surface area (Å²) in [5.74, 6) is -0.981.